The molecule has 0 radical (unpaired) electrons. The number of benzene rings is 3. The van der Waals surface area contributed by atoms with Crippen molar-refractivity contribution in [3.8, 4) is 17.2 Å². The van der Waals surface area contributed by atoms with Crippen molar-refractivity contribution in [2.45, 2.75) is 25.9 Å². The summed E-state index contributed by atoms with van der Waals surface area (Å²) >= 11 is 6.86. The van der Waals surface area contributed by atoms with E-state index in [0.717, 1.165) is 17.7 Å². The second-order valence-electron chi connectivity index (χ2n) is 7.31. The Morgan fingerprint density at radius 1 is 0.938 bits per heavy atom. The van der Waals surface area contributed by atoms with Crippen LogP contribution in [0.15, 0.2) is 63.5 Å². The van der Waals surface area contributed by atoms with Gasteiger partial charge in [0, 0.05) is 11.1 Å². The van der Waals surface area contributed by atoms with Gasteiger partial charge in [0.05, 0.1) is 27.2 Å². The number of methoxy groups -OCH3 is 1. The van der Waals surface area contributed by atoms with Gasteiger partial charge in [0.25, 0.3) is 0 Å². The fourth-order valence-corrected chi connectivity index (χ4v) is 4.31. The first-order chi connectivity index (χ1) is 15.0. The first-order valence-electron chi connectivity index (χ1n) is 9.58. The summed E-state index contributed by atoms with van der Waals surface area (Å²) < 4.78 is 52.4. The normalized spacial score (nSPS) is 11.5. The molecule has 0 bridgehead atoms. The fourth-order valence-electron chi connectivity index (χ4n) is 3.15. The second-order valence-corrected chi connectivity index (χ2v) is 9.01. The van der Waals surface area contributed by atoms with Gasteiger partial charge in [0.2, 0.25) is 0 Å². The van der Waals surface area contributed by atoms with Gasteiger partial charge in [0.15, 0.2) is 11.5 Å². The molecule has 0 atom stereocenters. The van der Waals surface area contributed by atoms with Crippen LogP contribution in [0.1, 0.15) is 46.8 Å². The van der Waals surface area contributed by atoms with Crippen LogP contribution in [0.25, 0.3) is 0 Å². The van der Waals surface area contributed by atoms with Crippen LogP contribution in [0.4, 0.5) is 13.2 Å². The zero-order valence-corrected chi connectivity index (χ0v) is 20.6. The molecule has 168 valence electrons. The Labute approximate surface area is 200 Å². The molecule has 8 heteroatoms. The van der Waals surface area contributed by atoms with Crippen LogP contribution in [-0.2, 0) is 6.18 Å². The highest BCUT2D eigenvalue weighted by molar-refractivity contribution is 9.11. The lowest BCUT2D eigenvalue weighted by atomic mass is 9.95. The molecule has 3 aromatic carbocycles. The quantitative estimate of drug-likeness (QED) is 0.279. The molecule has 0 saturated heterocycles. The van der Waals surface area contributed by atoms with Gasteiger partial charge in [0.1, 0.15) is 11.5 Å². The van der Waals surface area contributed by atoms with E-state index < -0.39 is 17.5 Å². The number of carbonyl (C=O) groups is 1. The van der Waals surface area contributed by atoms with Crippen LogP contribution in [0.2, 0.25) is 0 Å². The number of para-hydroxylation sites is 1. The minimum atomic E-state index is -4.56. The molecular formula is C24H19Br2F3O3. The summed E-state index contributed by atoms with van der Waals surface area (Å²) in [5, 5.41) is 0. The summed E-state index contributed by atoms with van der Waals surface area (Å²) in [4.78, 5) is 13.3. The van der Waals surface area contributed by atoms with Crippen LogP contribution in [0.5, 0.6) is 17.2 Å². The zero-order valence-electron chi connectivity index (χ0n) is 17.4. The van der Waals surface area contributed by atoms with Gasteiger partial charge >= 0.3 is 6.18 Å². The van der Waals surface area contributed by atoms with E-state index in [9.17, 15) is 18.0 Å². The molecule has 0 fully saturated rings. The Balaban J connectivity index is 2.18. The molecule has 0 N–H and O–H groups in total. The lowest BCUT2D eigenvalue weighted by Crippen LogP contribution is -2.10. The number of alkyl halides is 3. The van der Waals surface area contributed by atoms with Crippen LogP contribution in [-0.4, -0.2) is 12.9 Å². The number of carbonyl (C=O) groups excluding carboxylic acids is 1. The van der Waals surface area contributed by atoms with E-state index in [1.165, 1.54) is 25.3 Å². The Hall–Kier alpha value is -2.32. The van der Waals surface area contributed by atoms with Crippen LogP contribution >= 0.6 is 31.9 Å². The minimum absolute atomic E-state index is 0.0488. The van der Waals surface area contributed by atoms with Crippen molar-refractivity contribution >= 4 is 37.6 Å². The highest BCUT2D eigenvalue weighted by Gasteiger charge is 2.31. The van der Waals surface area contributed by atoms with Gasteiger partial charge in [-0.05, 0) is 74.2 Å². The Morgan fingerprint density at radius 3 is 2.12 bits per heavy atom. The molecule has 0 saturated carbocycles. The average molecular weight is 572 g/mol. The summed E-state index contributed by atoms with van der Waals surface area (Å²) in [7, 11) is 1.48. The molecule has 0 aliphatic heterocycles. The standard InChI is InChI=1S/C24H19Br2F3O3/c1-13(2)16-11-21(32-23-18(25)8-5-9-19(23)26)17(12-20(16)31-3)22(30)14-6-4-7-15(10-14)24(27,28)29/h4-13H,1-3H3. The van der Waals surface area contributed by atoms with Gasteiger partial charge in [-0.1, -0.05) is 32.0 Å². The predicted octanol–water partition coefficient (Wildman–Crippen LogP) is 8.39. The van der Waals surface area contributed by atoms with E-state index in [-0.39, 0.29) is 22.8 Å². The van der Waals surface area contributed by atoms with Crippen LogP contribution in [0, 0.1) is 0 Å². The number of hydrogen-bond donors (Lipinski definition) is 0. The smallest absolute Gasteiger partial charge is 0.416 e. The van der Waals surface area contributed by atoms with E-state index in [1.54, 1.807) is 18.2 Å². The summed E-state index contributed by atoms with van der Waals surface area (Å²) in [6.45, 7) is 3.93. The van der Waals surface area contributed by atoms with E-state index in [0.29, 0.717) is 20.4 Å². The second kappa shape index (κ2) is 9.67. The van der Waals surface area contributed by atoms with E-state index >= 15 is 0 Å². The molecular weight excluding hydrogens is 553 g/mol. The number of ketones is 1. The average Bonchev–Trinajstić information content (AvgIpc) is 2.74. The van der Waals surface area contributed by atoms with Crippen molar-refractivity contribution in [3.05, 3.63) is 85.8 Å². The molecule has 0 aliphatic carbocycles. The first-order valence-corrected chi connectivity index (χ1v) is 11.2. The third kappa shape index (κ3) is 5.18. The molecule has 0 spiro atoms. The molecule has 32 heavy (non-hydrogen) atoms. The zero-order chi connectivity index (χ0) is 23.6. The van der Waals surface area contributed by atoms with Gasteiger partial charge in [-0.2, -0.15) is 13.2 Å². The van der Waals surface area contributed by atoms with Gasteiger partial charge in [-0.25, -0.2) is 0 Å². The van der Waals surface area contributed by atoms with Crippen molar-refractivity contribution in [1.82, 2.24) is 0 Å². The molecule has 3 nitrogen and oxygen atoms in total. The van der Waals surface area contributed by atoms with Crippen molar-refractivity contribution in [3.63, 3.8) is 0 Å². The summed E-state index contributed by atoms with van der Waals surface area (Å²) in [5.74, 6) is 0.541. The number of halogens is 5. The lowest BCUT2D eigenvalue weighted by molar-refractivity contribution is -0.137. The number of hydrogen-bond acceptors (Lipinski definition) is 3. The molecule has 0 heterocycles. The largest absolute Gasteiger partial charge is 0.496 e. The van der Waals surface area contributed by atoms with Gasteiger partial charge in [-0.3, -0.25) is 4.79 Å². The monoisotopic (exact) mass is 570 g/mol. The SMILES string of the molecule is COc1cc(C(=O)c2cccc(C(F)(F)F)c2)c(Oc2c(Br)cccc2Br)cc1C(C)C. The topological polar surface area (TPSA) is 35.5 Å². The highest BCUT2D eigenvalue weighted by atomic mass is 79.9. The maximum absolute atomic E-state index is 13.3. The number of ether oxygens (including phenoxy) is 2. The maximum Gasteiger partial charge on any atom is 0.416 e. The lowest BCUT2D eigenvalue weighted by Gasteiger charge is -2.19. The van der Waals surface area contributed by atoms with Crippen molar-refractivity contribution in [2.75, 3.05) is 7.11 Å². The van der Waals surface area contributed by atoms with Gasteiger partial charge in [-0.15, -0.1) is 0 Å². The minimum Gasteiger partial charge on any atom is -0.496 e. The molecule has 0 unspecified atom stereocenters. The Bertz CT molecular complexity index is 1140. The van der Waals surface area contributed by atoms with Crippen molar-refractivity contribution in [1.29, 1.82) is 0 Å². The molecule has 0 aromatic heterocycles. The summed E-state index contributed by atoms with van der Waals surface area (Å²) in [6, 6.07) is 12.9. The molecule has 3 rings (SSSR count). The van der Waals surface area contributed by atoms with Crippen LogP contribution < -0.4 is 9.47 Å². The third-order valence-corrected chi connectivity index (χ3v) is 6.03. The highest BCUT2D eigenvalue weighted by Crippen LogP contribution is 2.41. The maximum atomic E-state index is 13.3. The first kappa shape index (κ1) is 24.3. The predicted molar refractivity (Wildman–Crippen MR) is 124 cm³/mol. The van der Waals surface area contributed by atoms with Crippen LogP contribution in [0.3, 0.4) is 0 Å². The summed E-state index contributed by atoms with van der Waals surface area (Å²) in [5.41, 5.74) is -0.111. The molecule has 0 amide bonds. The fraction of sp³-hybridized carbons (Fsp3) is 0.208. The van der Waals surface area contributed by atoms with E-state index in [1.807, 2.05) is 19.9 Å². The summed E-state index contributed by atoms with van der Waals surface area (Å²) in [6.07, 6.45) is -4.56. The molecule has 3 aromatic rings. The van der Waals surface area contributed by atoms with E-state index in [4.69, 9.17) is 9.47 Å². The van der Waals surface area contributed by atoms with Crippen molar-refractivity contribution in [2.24, 2.45) is 0 Å². The molecule has 0 aliphatic rings. The van der Waals surface area contributed by atoms with Crippen molar-refractivity contribution < 1.29 is 27.4 Å². The Kier molecular flexibility index (Phi) is 7.35. The third-order valence-electron chi connectivity index (χ3n) is 4.78. The Morgan fingerprint density at radius 2 is 1.56 bits per heavy atom. The van der Waals surface area contributed by atoms with Gasteiger partial charge < -0.3 is 9.47 Å². The van der Waals surface area contributed by atoms with E-state index in [2.05, 4.69) is 31.9 Å². The number of rotatable bonds is 6.